The Morgan fingerprint density at radius 2 is 2.50 bits per heavy atom. The average Bonchev–Trinajstić information content (AvgIpc) is 2.97. The molecule has 1 fully saturated rings. The number of likely N-dealkylation sites (N-methyl/N-ethyl adjacent to an activating group) is 1. The number of rotatable bonds is 5. The topological polar surface area (TPSA) is 80.9 Å². The first-order valence-corrected chi connectivity index (χ1v) is 7.73. The highest BCUT2D eigenvalue weighted by Gasteiger charge is 2.43. The maximum atomic E-state index is 11.5. The van der Waals surface area contributed by atoms with E-state index in [1.807, 2.05) is 6.92 Å². The van der Waals surface area contributed by atoms with Crippen LogP contribution in [0.4, 0.5) is 0 Å². The molecule has 3 N–H and O–H groups in total. The summed E-state index contributed by atoms with van der Waals surface area (Å²) >= 11 is 3.16. The number of nitrogens with two attached hydrogens (primary N) is 1. The number of thioether (sulfide) groups is 1. The highest BCUT2D eigenvalue weighted by Crippen LogP contribution is 2.40. The van der Waals surface area contributed by atoms with E-state index >= 15 is 0 Å². The van der Waals surface area contributed by atoms with Crippen LogP contribution in [0.25, 0.3) is 0 Å². The first-order valence-electron chi connectivity index (χ1n) is 6.07. The molecule has 1 amide bonds. The van der Waals surface area contributed by atoms with E-state index in [0.29, 0.717) is 5.25 Å². The molecule has 0 saturated heterocycles. The molecule has 0 bridgehead atoms. The van der Waals surface area contributed by atoms with Crippen molar-refractivity contribution in [1.29, 1.82) is 0 Å². The van der Waals surface area contributed by atoms with Gasteiger partial charge >= 0.3 is 0 Å². The van der Waals surface area contributed by atoms with Crippen LogP contribution < -0.4 is 11.1 Å². The first-order chi connectivity index (χ1) is 8.59. The third-order valence-corrected chi connectivity index (χ3v) is 5.54. The van der Waals surface area contributed by atoms with Crippen molar-refractivity contribution in [3.8, 4) is 0 Å². The van der Waals surface area contributed by atoms with Crippen LogP contribution in [0.1, 0.15) is 32.0 Å². The molecule has 1 aromatic heterocycles. The van der Waals surface area contributed by atoms with Gasteiger partial charge in [-0.3, -0.25) is 4.79 Å². The second-order valence-electron chi connectivity index (χ2n) is 4.51. The van der Waals surface area contributed by atoms with E-state index in [9.17, 15) is 4.79 Å². The van der Waals surface area contributed by atoms with E-state index < -0.39 is 5.54 Å². The van der Waals surface area contributed by atoms with Crippen molar-refractivity contribution in [1.82, 2.24) is 14.7 Å². The molecule has 0 aliphatic heterocycles. The fourth-order valence-corrected chi connectivity index (χ4v) is 4.49. The number of hydrogen-bond acceptors (Lipinski definition) is 6. The molecule has 18 heavy (non-hydrogen) atoms. The predicted molar refractivity (Wildman–Crippen MR) is 73.8 cm³/mol. The average molecular weight is 286 g/mol. The summed E-state index contributed by atoms with van der Waals surface area (Å²) in [6.07, 6.45) is 3.42. The Kier molecular flexibility index (Phi) is 4.24. The molecule has 1 aliphatic carbocycles. The monoisotopic (exact) mass is 286 g/mol. The second-order valence-corrected chi connectivity index (χ2v) is 6.81. The molecule has 2 rings (SSSR count). The lowest BCUT2D eigenvalue weighted by atomic mass is 9.97. The Morgan fingerprint density at radius 3 is 3.00 bits per heavy atom. The fraction of sp³-hybridized carbons (Fsp3) is 0.727. The van der Waals surface area contributed by atoms with Gasteiger partial charge in [-0.05, 0) is 37.8 Å². The van der Waals surface area contributed by atoms with Crippen molar-refractivity contribution in [2.24, 2.45) is 5.73 Å². The number of primary amides is 1. The van der Waals surface area contributed by atoms with Gasteiger partial charge in [0, 0.05) is 11.7 Å². The zero-order chi connectivity index (χ0) is 13.2. The van der Waals surface area contributed by atoms with Gasteiger partial charge in [-0.15, -0.1) is 0 Å². The quantitative estimate of drug-likeness (QED) is 0.850. The molecular formula is C11H18N4OS2. The minimum Gasteiger partial charge on any atom is -0.368 e. The van der Waals surface area contributed by atoms with Gasteiger partial charge in [-0.1, -0.05) is 18.7 Å². The van der Waals surface area contributed by atoms with Gasteiger partial charge in [0.1, 0.15) is 5.82 Å². The summed E-state index contributed by atoms with van der Waals surface area (Å²) < 4.78 is 5.26. The highest BCUT2D eigenvalue weighted by atomic mass is 32.2. The lowest BCUT2D eigenvalue weighted by Crippen LogP contribution is -2.52. The molecule has 100 valence electrons. The summed E-state index contributed by atoms with van der Waals surface area (Å²) in [5.41, 5.74) is 4.96. The third kappa shape index (κ3) is 2.67. The normalized spacial score (nSPS) is 27.6. The van der Waals surface area contributed by atoms with Gasteiger partial charge in [-0.25, -0.2) is 4.98 Å². The Morgan fingerprint density at radius 1 is 1.72 bits per heavy atom. The molecule has 0 radical (unpaired) electrons. The molecule has 2 atom stereocenters. The van der Waals surface area contributed by atoms with Crippen molar-refractivity contribution in [3.63, 3.8) is 0 Å². The molecule has 1 aliphatic rings. The fourth-order valence-electron chi connectivity index (χ4n) is 2.25. The van der Waals surface area contributed by atoms with Gasteiger partial charge in [-0.2, -0.15) is 4.37 Å². The van der Waals surface area contributed by atoms with E-state index in [1.165, 1.54) is 11.5 Å². The van der Waals surface area contributed by atoms with Gasteiger partial charge < -0.3 is 11.1 Å². The van der Waals surface area contributed by atoms with E-state index in [1.54, 1.807) is 18.8 Å². The molecule has 0 aromatic carbocycles. The molecule has 1 saturated carbocycles. The van der Waals surface area contributed by atoms with Gasteiger partial charge in [0.25, 0.3) is 0 Å². The molecule has 2 unspecified atom stereocenters. The highest BCUT2D eigenvalue weighted by molar-refractivity contribution is 8.01. The number of aromatic nitrogens is 2. The van der Waals surface area contributed by atoms with Crippen molar-refractivity contribution >= 4 is 29.2 Å². The number of hydrogen-bond donors (Lipinski definition) is 2. The lowest BCUT2D eigenvalue weighted by Gasteiger charge is -2.24. The number of nitrogens with zero attached hydrogens (tertiary/aromatic N) is 2. The van der Waals surface area contributed by atoms with Crippen LogP contribution in [0, 0.1) is 0 Å². The van der Waals surface area contributed by atoms with Crippen molar-refractivity contribution in [2.75, 3.05) is 7.05 Å². The van der Waals surface area contributed by atoms with Gasteiger partial charge in [0.05, 0.1) is 5.54 Å². The maximum absolute atomic E-state index is 11.5. The number of amides is 1. The van der Waals surface area contributed by atoms with Crippen molar-refractivity contribution in [3.05, 3.63) is 5.82 Å². The number of aryl methyl sites for hydroxylation is 1. The van der Waals surface area contributed by atoms with Crippen LogP contribution in [0.3, 0.4) is 0 Å². The summed E-state index contributed by atoms with van der Waals surface area (Å²) in [6.45, 7) is 2.05. The zero-order valence-electron chi connectivity index (χ0n) is 10.6. The third-order valence-electron chi connectivity index (χ3n) is 3.45. The minimum absolute atomic E-state index is 0.250. The molecule has 1 heterocycles. The van der Waals surface area contributed by atoms with E-state index in [4.69, 9.17) is 5.73 Å². The predicted octanol–water partition coefficient (Wildman–Crippen LogP) is 1.19. The van der Waals surface area contributed by atoms with Crippen molar-refractivity contribution in [2.45, 2.75) is 47.7 Å². The van der Waals surface area contributed by atoms with Crippen LogP contribution in [0.15, 0.2) is 4.34 Å². The smallest absolute Gasteiger partial charge is 0.237 e. The standard InChI is InChI=1S/C11H18N4OS2/c1-3-8-14-10(18-15-8)17-7-4-5-11(6-7,13-2)9(12)16/h7,13H,3-6H2,1-2H3,(H2,12,16). The van der Waals surface area contributed by atoms with Gasteiger partial charge in [0.2, 0.25) is 5.91 Å². The van der Waals surface area contributed by atoms with E-state index in [2.05, 4.69) is 14.7 Å². The SMILES string of the molecule is CCc1nsc(SC2CCC(NC)(C(N)=O)C2)n1. The van der Waals surface area contributed by atoms with Crippen LogP contribution >= 0.6 is 23.3 Å². The van der Waals surface area contributed by atoms with E-state index in [0.717, 1.165) is 35.8 Å². The van der Waals surface area contributed by atoms with Crippen LogP contribution in [-0.4, -0.2) is 33.1 Å². The van der Waals surface area contributed by atoms with E-state index in [-0.39, 0.29) is 5.91 Å². The summed E-state index contributed by atoms with van der Waals surface area (Å²) in [6, 6.07) is 0. The summed E-state index contributed by atoms with van der Waals surface area (Å²) in [4.78, 5) is 16.0. The molecular weight excluding hydrogens is 268 g/mol. The van der Waals surface area contributed by atoms with Gasteiger partial charge in [0.15, 0.2) is 4.34 Å². The summed E-state index contributed by atoms with van der Waals surface area (Å²) in [7, 11) is 1.80. The van der Waals surface area contributed by atoms with Crippen LogP contribution in [-0.2, 0) is 11.2 Å². The minimum atomic E-state index is -0.532. The first kappa shape index (κ1) is 13.8. The molecule has 7 heteroatoms. The number of carbonyl (C=O) groups excluding carboxylic acids is 1. The van der Waals surface area contributed by atoms with Crippen molar-refractivity contribution < 1.29 is 4.79 Å². The molecule has 5 nitrogen and oxygen atoms in total. The van der Waals surface area contributed by atoms with Crippen LogP contribution in [0.2, 0.25) is 0 Å². The largest absolute Gasteiger partial charge is 0.368 e. The molecule has 0 spiro atoms. The molecule has 1 aromatic rings. The second kappa shape index (κ2) is 5.54. The Bertz CT molecular complexity index is 436. The summed E-state index contributed by atoms with van der Waals surface area (Å²) in [5.74, 6) is 0.648. The number of nitrogens with one attached hydrogen (secondary N) is 1. The Hall–Kier alpha value is -0.660. The Balaban J connectivity index is 1.98. The maximum Gasteiger partial charge on any atom is 0.237 e. The summed E-state index contributed by atoms with van der Waals surface area (Å²) in [5, 5.41) is 3.48. The Labute approximate surface area is 115 Å². The number of carbonyl (C=O) groups is 1. The zero-order valence-corrected chi connectivity index (χ0v) is 12.2. The van der Waals surface area contributed by atoms with Crippen LogP contribution in [0.5, 0.6) is 0 Å². The lowest BCUT2D eigenvalue weighted by molar-refractivity contribution is -0.124.